The average Bonchev–Trinajstić information content (AvgIpc) is 3.01. The molecule has 0 bridgehead atoms. The Kier molecular flexibility index (Phi) is 5.38. The molecule has 1 atom stereocenters. The molecule has 1 heterocycles. The van der Waals surface area contributed by atoms with Gasteiger partial charge < -0.3 is 14.5 Å². The summed E-state index contributed by atoms with van der Waals surface area (Å²) in [6.07, 6.45) is 3.77. The summed E-state index contributed by atoms with van der Waals surface area (Å²) in [5.41, 5.74) is 1.71. The van der Waals surface area contributed by atoms with Crippen LogP contribution in [0.3, 0.4) is 0 Å². The number of hydrogen-bond acceptors (Lipinski definition) is 3. The van der Waals surface area contributed by atoms with E-state index in [0.29, 0.717) is 18.7 Å². The van der Waals surface area contributed by atoms with E-state index in [1.165, 1.54) is 12.5 Å². The molecule has 2 aromatic rings. The molecular weight excluding hydrogens is 254 g/mol. The van der Waals surface area contributed by atoms with Gasteiger partial charge >= 0.3 is 0 Å². The standard InChI is InChI=1S/C16H19NO3/c1-13(14-6-3-2-4-7-14)20-10-5-9-17-16(18)15-8-11-19-12-15/h2-4,6-8,11-13H,5,9-10H2,1H3,(H,17,18). The Labute approximate surface area is 118 Å². The lowest BCUT2D eigenvalue weighted by Gasteiger charge is -2.13. The average molecular weight is 273 g/mol. The van der Waals surface area contributed by atoms with Crippen LogP contribution in [0, 0.1) is 0 Å². The Balaban J connectivity index is 1.61. The van der Waals surface area contributed by atoms with Crippen molar-refractivity contribution in [3.63, 3.8) is 0 Å². The molecule has 0 aliphatic carbocycles. The summed E-state index contributed by atoms with van der Waals surface area (Å²) >= 11 is 0. The van der Waals surface area contributed by atoms with Crippen molar-refractivity contribution in [3.05, 3.63) is 60.1 Å². The molecule has 4 heteroatoms. The molecule has 0 spiro atoms. The first-order valence-corrected chi connectivity index (χ1v) is 6.74. The maximum absolute atomic E-state index is 11.6. The van der Waals surface area contributed by atoms with Crippen molar-refractivity contribution >= 4 is 5.91 Å². The molecule has 1 N–H and O–H groups in total. The van der Waals surface area contributed by atoms with Gasteiger partial charge in [0.1, 0.15) is 6.26 Å². The number of amides is 1. The number of benzene rings is 1. The molecule has 0 aliphatic heterocycles. The van der Waals surface area contributed by atoms with Crippen LogP contribution in [0.5, 0.6) is 0 Å². The van der Waals surface area contributed by atoms with Crippen molar-refractivity contribution in [2.45, 2.75) is 19.4 Å². The number of hydrogen-bond donors (Lipinski definition) is 1. The van der Waals surface area contributed by atoms with Crippen LogP contribution < -0.4 is 5.32 Å². The number of carbonyl (C=O) groups is 1. The fraction of sp³-hybridized carbons (Fsp3) is 0.312. The van der Waals surface area contributed by atoms with Crippen molar-refractivity contribution in [3.8, 4) is 0 Å². The van der Waals surface area contributed by atoms with E-state index in [0.717, 1.165) is 12.0 Å². The fourth-order valence-electron chi connectivity index (χ4n) is 1.85. The minimum absolute atomic E-state index is 0.0702. The second-order valence-corrected chi connectivity index (χ2v) is 4.55. The highest BCUT2D eigenvalue weighted by atomic mass is 16.5. The molecule has 20 heavy (non-hydrogen) atoms. The predicted molar refractivity (Wildman–Crippen MR) is 76.5 cm³/mol. The lowest BCUT2D eigenvalue weighted by Crippen LogP contribution is -2.24. The molecule has 0 saturated heterocycles. The van der Waals surface area contributed by atoms with E-state index in [9.17, 15) is 4.79 Å². The summed E-state index contributed by atoms with van der Waals surface area (Å²) < 4.78 is 10.6. The van der Waals surface area contributed by atoms with Crippen LogP contribution in [-0.2, 0) is 4.74 Å². The highest BCUT2D eigenvalue weighted by Gasteiger charge is 2.06. The smallest absolute Gasteiger partial charge is 0.254 e. The molecule has 4 nitrogen and oxygen atoms in total. The minimum Gasteiger partial charge on any atom is -0.472 e. The Morgan fingerprint density at radius 2 is 2.10 bits per heavy atom. The molecule has 1 amide bonds. The second kappa shape index (κ2) is 7.50. The van der Waals surface area contributed by atoms with E-state index in [-0.39, 0.29) is 12.0 Å². The van der Waals surface area contributed by atoms with Gasteiger partial charge in [0.2, 0.25) is 0 Å². The normalized spacial score (nSPS) is 12.1. The van der Waals surface area contributed by atoms with Gasteiger partial charge in [-0.3, -0.25) is 4.79 Å². The summed E-state index contributed by atoms with van der Waals surface area (Å²) in [4.78, 5) is 11.6. The van der Waals surface area contributed by atoms with E-state index in [1.54, 1.807) is 6.07 Å². The summed E-state index contributed by atoms with van der Waals surface area (Å²) in [5, 5.41) is 2.82. The monoisotopic (exact) mass is 273 g/mol. The zero-order valence-electron chi connectivity index (χ0n) is 11.5. The molecule has 1 unspecified atom stereocenters. The van der Waals surface area contributed by atoms with Crippen LogP contribution >= 0.6 is 0 Å². The number of furan rings is 1. The first-order chi connectivity index (χ1) is 9.77. The van der Waals surface area contributed by atoms with Crippen LogP contribution in [0.4, 0.5) is 0 Å². The van der Waals surface area contributed by atoms with Crippen molar-refractivity contribution in [1.82, 2.24) is 5.32 Å². The summed E-state index contributed by atoms with van der Waals surface area (Å²) in [5.74, 6) is -0.116. The van der Waals surface area contributed by atoms with Gasteiger partial charge in [-0.1, -0.05) is 30.3 Å². The van der Waals surface area contributed by atoms with Crippen LogP contribution in [0.25, 0.3) is 0 Å². The third-order valence-electron chi connectivity index (χ3n) is 3.03. The van der Waals surface area contributed by atoms with Crippen LogP contribution in [0.1, 0.15) is 35.4 Å². The third kappa shape index (κ3) is 4.24. The van der Waals surface area contributed by atoms with Crippen molar-refractivity contribution in [2.24, 2.45) is 0 Å². The highest BCUT2D eigenvalue weighted by Crippen LogP contribution is 2.15. The van der Waals surface area contributed by atoms with Gasteiger partial charge in [0.05, 0.1) is 17.9 Å². The van der Waals surface area contributed by atoms with Crippen LogP contribution in [0.15, 0.2) is 53.3 Å². The highest BCUT2D eigenvalue weighted by molar-refractivity contribution is 5.93. The predicted octanol–water partition coefficient (Wildman–Crippen LogP) is 3.18. The van der Waals surface area contributed by atoms with Crippen molar-refractivity contribution in [1.29, 1.82) is 0 Å². The quantitative estimate of drug-likeness (QED) is 0.788. The van der Waals surface area contributed by atoms with Gasteiger partial charge in [0, 0.05) is 13.2 Å². The SMILES string of the molecule is CC(OCCCNC(=O)c1ccoc1)c1ccccc1. The first kappa shape index (κ1) is 14.3. The van der Waals surface area contributed by atoms with Gasteiger partial charge in [0.25, 0.3) is 5.91 Å². The Hall–Kier alpha value is -2.07. The Morgan fingerprint density at radius 1 is 1.30 bits per heavy atom. The van der Waals surface area contributed by atoms with E-state index < -0.39 is 0 Å². The molecule has 0 saturated carbocycles. The van der Waals surface area contributed by atoms with Gasteiger partial charge in [-0.25, -0.2) is 0 Å². The van der Waals surface area contributed by atoms with Crippen LogP contribution in [-0.4, -0.2) is 19.1 Å². The van der Waals surface area contributed by atoms with Crippen molar-refractivity contribution < 1.29 is 13.9 Å². The fourth-order valence-corrected chi connectivity index (χ4v) is 1.85. The molecule has 0 aliphatic rings. The topological polar surface area (TPSA) is 51.5 Å². The molecular formula is C16H19NO3. The largest absolute Gasteiger partial charge is 0.472 e. The summed E-state index contributed by atoms with van der Waals surface area (Å²) in [6, 6.07) is 11.7. The maximum atomic E-state index is 11.6. The number of carbonyl (C=O) groups excluding carboxylic acids is 1. The molecule has 106 valence electrons. The van der Waals surface area contributed by atoms with E-state index in [4.69, 9.17) is 9.15 Å². The molecule has 2 rings (SSSR count). The number of nitrogens with one attached hydrogen (secondary N) is 1. The van der Waals surface area contributed by atoms with Crippen LogP contribution in [0.2, 0.25) is 0 Å². The van der Waals surface area contributed by atoms with Gasteiger partial charge in [-0.2, -0.15) is 0 Å². The van der Waals surface area contributed by atoms with Crippen molar-refractivity contribution in [2.75, 3.05) is 13.2 Å². The maximum Gasteiger partial charge on any atom is 0.254 e. The second-order valence-electron chi connectivity index (χ2n) is 4.55. The number of rotatable bonds is 7. The molecule has 1 aromatic carbocycles. The van der Waals surface area contributed by atoms with E-state index in [2.05, 4.69) is 5.32 Å². The Bertz CT molecular complexity index is 508. The molecule has 0 fully saturated rings. The zero-order chi connectivity index (χ0) is 14.2. The summed E-state index contributed by atoms with van der Waals surface area (Å²) in [7, 11) is 0. The van der Waals surface area contributed by atoms with Gasteiger partial charge in [0.15, 0.2) is 0 Å². The minimum atomic E-state index is -0.116. The first-order valence-electron chi connectivity index (χ1n) is 6.74. The third-order valence-corrected chi connectivity index (χ3v) is 3.03. The van der Waals surface area contributed by atoms with Gasteiger partial charge in [-0.15, -0.1) is 0 Å². The molecule has 0 radical (unpaired) electrons. The lowest BCUT2D eigenvalue weighted by molar-refractivity contribution is 0.0635. The molecule has 1 aromatic heterocycles. The number of ether oxygens (including phenoxy) is 1. The Morgan fingerprint density at radius 3 is 2.80 bits per heavy atom. The summed E-state index contributed by atoms with van der Waals surface area (Å²) in [6.45, 7) is 3.23. The van der Waals surface area contributed by atoms with Gasteiger partial charge in [-0.05, 0) is 25.0 Å². The van der Waals surface area contributed by atoms with E-state index in [1.807, 2.05) is 37.3 Å². The van der Waals surface area contributed by atoms with E-state index >= 15 is 0 Å². The zero-order valence-corrected chi connectivity index (χ0v) is 11.5. The lowest BCUT2D eigenvalue weighted by atomic mass is 10.1.